The molecule has 5 atom stereocenters. The molecule has 0 bridgehead atoms. The summed E-state index contributed by atoms with van der Waals surface area (Å²) in [6, 6.07) is 0. The Kier molecular flexibility index (Phi) is 12.4. The van der Waals surface area contributed by atoms with Crippen molar-refractivity contribution in [3.63, 3.8) is 0 Å². The first kappa shape index (κ1) is 24.3. The molecule has 1 aliphatic heterocycles. The average Bonchev–Trinajstić information content (AvgIpc) is 3.02. The minimum absolute atomic E-state index is 0.132. The van der Waals surface area contributed by atoms with E-state index in [1.54, 1.807) is 6.08 Å². The van der Waals surface area contributed by atoms with Crippen LogP contribution < -0.4 is 0 Å². The molecule has 4 N–H and O–H groups in total. The van der Waals surface area contributed by atoms with E-state index in [1.165, 1.54) is 6.08 Å². The first-order valence-electron chi connectivity index (χ1n) is 9.98. The number of carbonyl (C=O) groups is 1. The summed E-state index contributed by atoms with van der Waals surface area (Å²) in [5, 5.41) is 38.7. The number of carboxylic acid groups (broad SMARTS) is 1. The van der Waals surface area contributed by atoms with Gasteiger partial charge in [-0.1, -0.05) is 55.5 Å². The average molecular weight is 395 g/mol. The number of hydrogen-bond acceptors (Lipinski definition) is 5. The molecule has 0 spiro atoms. The molecule has 0 aromatic rings. The lowest BCUT2D eigenvalue weighted by Gasteiger charge is -2.16. The van der Waals surface area contributed by atoms with Gasteiger partial charge in [-0.25, -0.2) is 0 Å². The van der Waals surface area contributed by atoms with Gasteiger partial charge < -0.3 is 25.2 Å². The highest BCUT2D eigenvalue weighted by atomic mass is 16.5. The van der Waals surface area contributed by atoms with Crippen LogP contribution in [-0.4, -0.2) is 56.9 Å². The third-order valence-corrected chi connectivity index (χ3v) is 4.44. The first-order chi connectivity index (χ1) is 13.4. The van der Waals surface area contributed by atoms with Gasteiger partial charge in [-0.05, 0) is 32.1 Å². The number of aliphatic hydroxyl groups is 3. The lowest BCUT2D eigenvalue weighted by atomic mass is 10.0. The fraction of sp³-hybridized carbons (Fsp3) is 0.591. The van der Waals surface area contributed by atoms with Crippen LogP contribution in [0.1, 0.15) is 51.9 Å². The lowest BCUT2D eigenvalue weighted by molar-refractivity contribution is -0.136. The molecule has 0 aromatic heterocycles. The van der Waals surface area contributed by atoms with Crippen molar-refractivity contribution in [3.05, 3.63) is 48.6 Å². The second-order valence-electron chi connectivity index (χ2n) is 6.92. The fourth-order valence-corrected chi connectivity index (χ4v) is 2.87. The molecule has 1 fully saturated rings. The predicted octanol–water partition coefficient (Wildman–Crippen LogP) is 2.90. The van der Waals surface area contributed by atoms with Crippen LogP contribution in [0.2, 0.25) is 0 Å². The van der Waals surface area contributed by atoms with Crippen molar-refractivity contribution in [2.75, 3.05) is 0 Å². The van der Waals surface area contributed by atoms with Crippen molar-refractivity contribution in [1.29, 1.82) is 0 Å². The molecular formula is C22H34O6. The van der Waals surface area contributed by atoms with Gasteiger partial charge in [0.2, 0.25) is 0 Å². The van der Waals surface area contributed by atoms with Crippen molar-refractivity contribution < 1.29 is 30.0 Å². The third-order valence-electron chi connectivity index (χ3n) is 4.44. The monoisotopic (exact) mass is 394 g/mol. The minimum Gasteiger partial charge on any atom is -0.481 e. The van der Waals surface area contributed by atoms with Crippen molar-refractivity contribution in [3.8, 4) is 0 Å². The largest absolute Gasteiger partial charge is 0.481 e. The number of rotatable bonds is 13. The molecule has 1 saturated heterocycles. The van der Waals surface area contributed by atoms with Gasteiger partial charge in [0.15, 0.2) is 0 Å². The van der Waals surface area contributed by atoms with Crippen LogP contribution >= 0.6 is 0 Å². The number of aliphatic carboxylic acids is 1. The summed E-state index contributed by atoms with van der Waals surface area (Å²) in [4.78, 5) is 10.4. The summed E-state index contributed by atoms with van der Waals surface area (Å²) < 4.78 is 5.76. The normalized spacial score (nSPS) is 25.5. The van der Waals surface area contributed by atoms with Gasteiger partial charge in [0.1, 0.15) is 0 Å². The molecule has 6 heteroatoms. The predicted molar refractivity (Wildman–Crippen MR) is 109 cm³/mol. The molecule has 0 saturated carbocycles. The zero-order valence-corrected chi connectivity index (χ0v) is 16.6. The first-order valence-corrected chi connectivity index (χ1v) is 9.98. The van der Waals surface area contributed by atoms with Gasteiger partial charge in [0.05, 0.1) is 30.5 Å². The molecule has 0 aromatic carbocycles. The van der Waals surface area contributed by atoms with Crippen LogP contribution in [0.4, 0.5) is 0 Å². The maximum atomic E-state index is 10.4. The Hall–Kier alpha value is -1.73. The molecule has 6 nitrogen and oxygen atoms in total. The highest BCUT2D eigenvalue weighted by Crippen LogP contribution is 2.26. The van der Waals surface area contributed by atoms with Gasteiger partial charge in [-0.15, -0.1) is 0 Å². The minimum atomic E-state index is -0.870. The van der Waals surface area contributed by atoms with Crippen molar-refractivity contribution in [2.24, 2.45) is 0 Å². The maximum Gasteiger partial charge on any atom is 0.303 e. The zero-order chi connectivity index (χ0) is 20.8. The summed E-state index contributed by atoms with van der Waals surface area (Å²) in [5.74, 6) is -0.804. The standard InChI is InChI=1S/C22H34O6/c1-2-3-8-11-17(23)14-15-18(24)21-16-19(25)20(28-21)12-9-6-4-5-7-10-13-22(26)27/h3,5-9,14-15,17-21,23-25H,2,4,10-13,16H2,1H3,(H,26,27)/b7-5-,8-3-,9-6-,15-14+/t17-,18-,19+,20+,21+/m0/s1. The van der Waals surface area contributed by atoms with Crippen molar-refractivity contribution in [2.45, 2.75) is 82.4 Å². The van der Waals surface area contributed by atoms with Gasteiger partial charge in [-0.3, -0.25) is 4.79 Å². The van der Waals surface area contributed by atoms with Crippen LogP contribution in [-0.2, 0) is 9.53 Å². The number of allylic oxidation sites excluding steroid dienone is 4. The topological polar surface area (TPSA) is 107 Å². The number of carboxylic acids is 1. The molecule has 1 heterocycles. The van der Waals surface area contributed by atoms with E-state index in [1.807, 2.05) is 43.4 Å². The Balaban J connectivity index is 2.32. The number of hydrogen-bond donors (Lipinski definition) is 4. The molecule has 1 rings (SSSR count). The second kappa shape index (κ2) is 14.3. The molecule has 0 unspecified atom stereocenters. The van der Waals surface area contributed by atoms with Crippen LogP contribution in [0.25, 0.3) is 0 Å². The van der Waals surface area contributed by atoms with Gasteiger partial charge >= 0.3 is 5.97 Å². The second-order valence-corrected chi connectivity index (χ2v) is 6.92. The van der Waals surface area contributed by atoms with E-state index in [-0.39, 0.29) is 12.5 Å². The van der Waals surface area contributed by atoms with Gasteiger partial charge in [0.25, 0.3) is 0 Å². The third kappa shape index (κ3) is 10.6. The summed E-state index contributed by atoms with van der Waals surface area (Å²) >= 11 is 0. The van der Waals surface area contributed by atoms with E-state index in [0.29, 0.717) is 32.1 Å². The van der Waals surface area contributed by atoms with Crippen LogP contribution in [0.3, 0.4) is 0 Å². The van der Waals surface area contributed by atoms with Crippen molar-refractivity contribution in [1.82, 2.24) is 0 Å². The van der Waals surface area contributed by atoms with E-state index in [2.05, 4.69) is 0 Å². The van der Waals surface area contributed by atoms with Crippen molar-refractivity contribution >= 4 is 5.97 Å². The van der Waals surface area contributed by atoms with Gasteiger partial charge in [0, 0.05) is 12.8 Å². The lowest BCUT2D eigenvalue weighted by Crippen LogP contribution is -2.24. The van der Waals surface area contributed by atoms with Crippen LogP contribution in [0.15, 0.2) is 48.6 Å². The molecule has 0 radical (unpaired) electrons. The van der Waals surface area contributed by atoms with E-state index in [9.17, 15) is 20.1 Å². The Bertz CT molecular complexity index is 551. The Morgan fingerprint density at radius 2 is 1.86 bits per heavy atom. The van der Waals surface area contributed by atoms with E-state index >= 15 is 0 Å². The summed E-state index contributed by atoms with van der Waals surface area (Å²) in [7, 11) is 0. The quantitative estimate of drug-likeness (QED) is 0.358. The SMILES string of the molecule is CC/C=C\C[C@H](O)/C=C/[C@H](O)[C@H]1C[C@@H](O)[C@@H](C/C=C\C/C=C\CCC(=O)O)O1. The van der Waals surface area contributed by atoms with E-state index < -0.39 is 30.4 Å². The Morgan fingerprint density at radius 1 is 1.11 bits per heavy atom. The zero-order valence-electron chi connectivity index (χ0n) is 16.6. The summed E-state index contributed by atoms with van der Waals surface area (Å²) in [6.07, 6.45) is 15.2. The molecule has 1 aliphatic rings. The smallest absolute Gasteiger partial charge is 0.303 e. The van der Waals surface area contributed by atoms with E-state index in [4.69, 9.17) is 9.84 Å². The maximum absolute atomic E-state index is 10.4. The van der Waals surface area contributed by atoms with E-state index in [0.717, 1.165) is 6.42 Å². The highest BCUT2D eigenvalue weighted by molar-refractivity contribution is 5.66. The Labute approximate surface area is 167 Å². The summed E-state index contributed by atoms with van der Waals surface area (Å²) in [5.41, 5.74) is 0. The van der Waals surface area contributed by atoms with Crippen LogP contribution in [0, 0.1) is 0 Å². The molecule has 28 heavy (non-hydrogen) atoms. The molecule has 0 aliphatic carbocycles. The number of ether oxygens (including phenoxy) is 1. The Morgan fingerprint density at radius 3 is 2.57 bits per heavy atom. The molecule has 0 amide bonds. The summed E-state index contributed by atoms with van der Waals surface area (Å²) in [6.45, 7) is 2.02. The van der Waals surface area contributed by atoms with Gasteiger partial charge in [-0.2, -0.15) is 0 Å². The molecule has 158 valence electrons. The number of aliphatic hydroxyl groups excluding tert-OH is 3. The molecular weight excluding hydrogens is 360 g/mol. The highest BCUT2D eigenvalue weighted by Gasteiger charge is 2.36. The fourth-order valence-electron chi connectivity index (χ4n) is 2.87. The van der Waals surface area contributed by atoms with Crippen LogP contribution in [0.5, 0.6) is 0 Å².